The van der Waals surface area contributed by atoms with Crippen molar-refractivity contribution in [3.05, 3.63) is 18.1 Å². The minimum atomic E-state index is 0.279. The molecule has 1 saturated heterocycles. The number of likely N-dealkylation sites (N-methyl/N-ethyl adjacent to an activating group) is 1. The molecule has 1 aromatic heterocycles. The highest BCUT2D eigenvalue weighted by Crippen LogP contribution is 2.15. The van der Waals surface area contributed by atoms with Gasteiger partial charge in [-0.3, -0.25) is 0 Å². The first-order valence-electron chi connectivity index (χ1n) is 6.23. The fourth-order valence-corrected chi connectivity index (χ4v) is 2.28. The van der Waals surface area contributed by atoms with Crippen molar-refractivity contribution in [3.8, 4) is 0 Å². The SMILES string of the molecule is CN1CCCCC1CNc1cnc(C(N)=S)cn1. The van der Waals surface area contributed by atoms with Gasteiger partial charge in [0, 0.05) is 12.6 Å². The van der Waals surface area contributed by atoms with E-state index in [0.717, 1.165) is 12.4 Å². The van der Waals surface area contributed by atoms with Gasteiger partial charge in [0.25, 0.3) is 0 Å². The largest absolute Gasteiger partial charge is 0.388 e. The number of nitrogens with two attached hydrogens (primary N) is 1. The number of hydrogen-bond acceptors (Lipinski definition) is 5. The Bertz CT molecular complexity index is 405. The van der Waals surface area contributed by atoms with Crippen molar-refractivity contribution in [1.29, 1.82) is 0 Å². The minimum absolute atomic E-state index is 0.279. The van der Waals surface area contributed by atoms with Crippen LogP contribution in [0.15, 0.2) is 12.4 Å². The summed E-state index contributed by atoms with van der Waals surface area (Å²) in [5, 5.41) is 3.31. The second-order valence-electron chi connectivity index (χ2n) is 4.66. The Kier molecular flexibility index (Phi) is 4.43. The molecule has 1 atom stereocenters. The van der Waals surface area contributed by atoms with Crippen molar-refractivity contribution in [2.75, 3.05) is 25.5 Å². The molecule has 3 N–H and O–H groups in total. The normalized spacial score (nSPS) is 20.6. The molecule has 1 unspecified atom stereocenters. The molecule has 1 aromatic rings. The number of aromatic nitrogens is 2. The lowest BCUT2D eigenvalue weighted by Crippen LogP contribution is -2.40. The van der Waals surface area contributed by atoms with Crippen molar-refractivity contribution in [1.82, 2.24) is 14.9 Å². The Morgan fingerprint density at radius 2 is 2.33 bits per heavy atom. The molecule has 1 aliphatic rings. The minimum Gasteiger partial charge on any atom is -0.388 e. The molecule has 0 spiro atoms. The Balaban J connectivity index is 1.87. The number of hydrogen-bond donors (Lipinski definition) is 2. The summed E-state index contributed by atoms with van der Waals surface area (Å²) in [6.07, 6.45) is 7.13. The predicted octanol–water partition coefficient (Wildman–Crippen LogP) is 1.01. The first-order valence-corrected chi connectivity index (χ1v) is 6.63. The lowest BCUT2D eigenvalue weighted by Gasteiger charge is -2.32. The van der Waals surface area contributed by atoms with Gasteiger partial charge in [0.1, 0.15) is 16.5 Å². The fraction of sp³-hybridized carbons (Fsp3) is 0.583. The van der Waals surface area contributed by atoms with Gasteiger partial charge in [-0.25, -0.2) is 9.97 Å². The maximum Gasteiger partial charge on any atom is 0.144 e. The average Bonchev–Trinajstić information content (AvgIpc) is 2.38. The van der Waals surface area contributed by atoms with Crippen LogP contribution in [0.2, 0.25) is 0 Å². The maximum absolute atomic E-state index is 5.47. The Morgan fingerprint density at radius 3 is 2.94 bits per heavy atom. The number of piperidine rings is 1. The van der Waals surface area contributed by atoms with Gasteiger partial charge in [0.2, 0.25) is 0 Å². The van der Waals surface area contributed by atoms with Crippen LogP contribution < -0.4 is 11.1 Å². The zero-order chi connectivity index (χ0) is 13.0. The molecule has 18 heavy (non-hydrogen) atoms. The monoisotopic (exact) mass is 265 g/mol. The van der Waals surface area contributed by atoms with E-state index in [1.165, 1.54) is 25.8 Å². The van der Waals surface area contributed by atoms with Crippen molar-refractivity contribution in [2.45, 2.75) is 25.3 Å². The van der Waals surface area contributed by atoms with E-state index >= 15 is 0 Å². The summed E-state index contributed by atoms with van der Waals surface area (Å²) in [5.74, 6) is 0.772. The number of nitrogens with one attached hydrogen (secondary N) is 1. The highest BCUT2D eigenvalue weighted by Gasteiger charge is 2.18. The molecule has 0 radical (unpaired) electrons. The first kappa shape index (κ1) is 13.2. The summed E-state index contributed by atoms with van der Waals surface area (Å²) >= 11 is 4.84. The molecule has 1 aliphatic heterocycles. The standard InChI is InChI=1S/C12H19N5S/c1-17-5-3-2-4-9(17)6-15-11-8-14-10(7-16-11)12(13)18/h7-9H,2-6H2,1H3,(H2,13,18)(H,15,16). The van der Waals surface area contributed by atoms with Gasteiger partial charge >= 0.3 is 0 Å². The summed E-state index contributed by atoms with van der Waals surface area (Å²) in [7, 11) is 2.17. The van der Waals surface area contributed by atoms with Crippen LogP contribution >= 0.6 is 12.2 Å². The molecule has 0 aliphatic carbocycles. The van der Waals surface area contributed by atoms with E-state index in [1.807, 2.05) is 0 Å². The summed E-state index contributed by atoms with van der Waals surface area (Å²) < 4.78 is 0. The van der Waals surface area contributed by atoms with Crippen LogP contribution in [0.5, 0.6) is 0 Å². The van der Waals surface area contributed by atoms with E-state index in [0.29, 0.717) is 11.7 Å². The third kappa shape index (κ3) is 3.36. The van der Waals surface area contributed by atoms with Crippen molar-refractivity contribution < 1.29 is 0 Å². The molecule has 98 valence electrons. The molecular weight excluding hydrogens is 246 g/mol. The number of likely N-dealkylation sites (tertiary alicyclic amines) is 1. The van der Waals surface area contributed by atoms with Crippen molar-refractivity contribution >= 4 is 23.0 Å². The van der Waals surface area contributed by atoms with Gasteiger partial charge in [0.05, 0.1) is 12.4 Å². The van der Waals surface area contributed by atoms with E-state index in [-0.39, 0.29) is 4.99 Å². The number of thiocarbonyl (C=S) groups is 1. The first-order chi connectivity index (χ1) is 8.66. The van der Waals surface area contributed by atoms with Crippen LogP contribution in [-0.2, 0) is 0 Å². The van der Waals surface area contributed by atoms with Crippen LogP contribution in [0.3, 0.4) is 0 Å². The third-order valence-electron chi connectivity index (χ3n) is 3.34. The van der Waals surface area contributed by atoms with Gasteiger partial charge in [-0.1, -0.05) is 18.6 Å². The molecule has 0 saturated carbocycles. The molecular formula is C12H19N5S. The lowest BCUT2D eigenvalue weighted by molar-refractivity contribution is 0.194. The van der Waals surface area contributed by atoms with Crippen molar-refractivity contribution in [2.24, 2.45) is 5.73 Å². The highest BCUT2D eigenvalue weighted by molar-refractivity contribution is 7.80. The molecule has 1 fully saturated rings. The molecule has 2 heterocycles. The van der Waals surface area contributed by atoms with Crippen LogP contribution in [0.25, 0.3) is 0 Å². The molecule has 0 aromatic carbocycles. The molecule has 6 heteroatoms. The second-order valence-corrected chi connectivity index (χ2v) is 5.10. The van der Waals surface area contributed by atoms with Gasteiger partial charge in [-0.05, 0) is 26.4 Å². The molecule has 0 bridgehead atoms. The maximum atomic E-state index is 5.47. The van der Waals surface area contributed by atoms with E-state index in [1.54, 1.807) is 12.4 Å². The number of anilines is 1. The smallest absolute Gasteiger partial charge is 0.144 e. The summed E-state index contributed by atoms with van der Waals surface area (Å²) in [4.78, 5) is 11.1. The predicted molar refractivity (Wildman–Crippen MR) is 76.7 cm³/mol. The van der Waals surface area contributed by atoms with Crippen molar-refractivity contribution in [3.63, 3.8) is 0 Å². The molecule has 0 amide bonds. The average molecular weight is 265 g/mol. The van der Waals surface area contributed by atoms with Crippen LogP contribution in [0, 0.1) is 0 Å². The summed E-state index contributed by atoms with van der Waals surface area (Å²) in [5.41, 5.74) is 6.04. The molecule has 2 rings (SSSR count). The zero-order valence-corrected chi connectivity index (χ0v) is 11.4. The highest BCUT2D eigenvalue weighted by atomic mass is 32.1. The fourth-order valence-electron chi connectivity index (χ4n) is 2.17. The van der Waals surface area contributed by atoms with E-state index in [4.69, 9.17) is 18.0 Å². The second kappa shape index (κ2) is 6.06. The Morgan fingerprint density at radius 1 is 1.50 bits per heavy atom. The van der Waals surface area contributed by atoms with E-state index in [9.17, 15) is 0 Å². The summed E-state index contributed by atoms with van der Waals surface area (Å²) in [6, 6.07) is 0.579. The third-order valence-corrected chi connectivity index (χ3v) is 3.55. The van der Waals surface area contributed by atoms with Gasteiger partial charge in [-0.15, -0.1) is 0 Å². The van der Waals surface area contributed by atoms with Gasteiger partial charge in [0.15, 0.2) is 0 Å². The van der Waals surface area contributed by atoms with E-state index < -0.39 is 0 Å². The topological polar surface area (TPSA) is 67.1 Å². The Labute approximate surface area is 113 Å². The van der Waals surface area contributed by atoms with Gasteiger partial charge in [-0.2, -0.15) is 0 Å². The van der Waals surface area contributed by atoms with Crippen LogP contribution in [0.1, 0.15) is 25.0 Å². The van der Waals surface area contributed by atoms with Crippen LogP contribution in [-0.4, -0.2) is 46.0 Å². The number of rotatable bonds is 4. The lowest BCUT2D eigenvalue weighted by atomic mass is 10.0. The zero-order valence-electron chi connectivity index (χ0n) is 10.6. The van der Waals surface area contributed by atoms with Gasteiger partial charge < -0.3 is 16.0 Å². The number of nitrogens with zero attached hydrogens (tertiary/aromatic N) is 3. The van der Waals surface area contributed by atoms with Crippen LogP contribution in [0.4, 0.5) is 5.82 Å². The molecule has 5 nitrogen and oxygen atoms in total. The Hall–Kier alpha value is -1.27. The van der Waals surface area contributed by atoms with E-state index in [2.05, 4.69) is 27.2 Å². The summed E-state index contributed by atoms with van der Waals surface area (Å²) in [6.45, 7) is 2.08. The quantitative estimate of drug-likeness (QED) is 0.792.